The van der Waals surface area contributed by atoms with Crippen molar-refractivity contribution in [2.45, 2.75) is 26.3 Å². The van der Waals surface area contributed by atoms with Crippen molar-refractivity contribution < 1.29 is 22.3 Å². The molecule has 9 heteroatoms. The van der Waals surface area contributed by atoms with E-state index in [9.17, 15) is 22.4 Å². The van der Waals surface area contributed by atoms with Crippen molar-refractivity contribution in [3.8, 4) is 22.6 Å². The van der Waals surface area contributed by atoms with E-state index >= 15 is 0 Å². The second-order valence-corrected chi connectivity index (χ2v) is 8.69. The Kier molecular flexibility index (Phi) is 5.99. The number of aromatic nitrogens is 3. The summed E-state index contributed by atoms with van der Waals surface area (Å²) in [4.78, 5) is 17.8. The quantitative estimate of drug-likeness (QED) is 0.301. The fraction of sp³-hybridized carbons (Fsp3) is 0.185. The molecule has 184 valence electrons. The van der Waals surface area contributed by atoms with E-state index in [4.69, 9.17) is 0 Å². The minimum absolute atomic E-state index is 0.196. The maximum Gasteiger partial charge on any atom is 0.573 e. The molecule has 0 fully saturated rings. The monoisotopic (exact) mass is 495 g/mol. The van der Waals surface area contributed by atoms with E-state index in [1.165, 1.54) is 28.8 Å². The molecule has 0 spiro atoms. The summed E-state index contributed by atoms with van der Waals surface area (Å²) in [5.41, 5.74) is 3.07. The summed E-state index contributed by atoms with van der Waals surface area (Å²) in [6.45, 7) is 2.63. The molecule has 4 aromatic rings. The van der Waals surface area contributed by atoms with Gasteiger partial charge in [0.25, 0.3) is 5.56 Å². The van der Waals surface area contributed by atoms with Gasteiger partial charge in [0.1, 0.15) is 11.6 Å². The Hall–Kier alpha value is -4.14. The number of fused-ring (bicyclic) bond motifs is 1. The zero-order valence-electron chi connectivity index (χ0n) is 19.2. The molecule has 36 heavy (non-hydrogen) atoms. The molecule has 2 aromatic heterocycles. The molecule has 5 rings (SSSR count). The smallest absolute Gasteiger partial charge is 0.406 e. The minimum Gasteiger partial charge on any atom is -0.406 e. The first-order valence-corrected chi connectivity index (χ1v) is 11.3. The number of halogens is 4. The van der Waals surface area contributed by atoms with Gasteiger partial charge in [-0.1, -0.05) is 37.3 Å². The Morgan fingerprint density at radius 2 is 1.81 bits per heavy atom. The number of alkyl halides is 3. The molecule has 2 heterocycles. The van der Waals surface area contributed by atoms with Crippen molar-refractivity contribution in [1.29, 1.82) is 0 Å². The molecule has 5 nitrogen and oxygen atoms in total. The Morgan fingerprint density at radius 1 is 1.08 bits per heavy atom. The fourth-order valence-corrected chi connectivity index (χ4v) is 4.23. The third-order valence-corrected chi connectivity index (χ3v) is 6.02. The highest BCUT2D eigenvalue weighted by atomic mass is 19.4. The maximum absolute atomic E-state index is 13.7. The lowest BCUT2D eigenvalue weighted by molar-refractivity contribution is -0.274. The van der Waals surface area contributed by atoms with Gasteiger partial charge in [0, 0.05) is 24.0 Å². The molecular weight excluding hydrogens is 474 g/mol. The number of nitrogens with zero attached hydrogens (tertiary/aromatic N) is 3. The number of imidazole rings is 1. The first-order chi connectivity index (χ1) is 17.2. The zero-order valence-corrected chi connectivity index (χ0v) is 19.2. The van der Waals surface area contributed by atoms with Crippen LogP contribution in [0.1, 0.15) is 13.3 Å². The molecule has 2 aromatic carbocycles. The first-order valence-electron chi connectivity index (χ1n) is 11.3. The summed E-state index contributed by atoms with van der Waals surface area (Å²) in [6, 6.07) is 10.9. The van der Waals surface area contributed by atoms with Crippen LogP contribution in [-0.4, -0.2) is 20.5 Å². The molecule has 0 saturated heterocycles. The average molecular weight is 495 g/mol. The minimum atomic E-state index is -4.82. The number of allylic oxidation sites excluding steroid dienone is 4. The molecule has 0 aliphatic heterocycles. The predicted octanol–water partition coefficient (Wildman–Crippen LogP) is 6.41. The molecule has 1 aliphatic carbocycles. The second-order valence-electron chi connectivity index (χ2n) is 8.69. The van der Waals surface area contributed by atoms with Crippen molar-refractivity contribution in [2.24, 2.45) is 5.92 Å². The Bertz CT molecular complexity index is 1530. The predicted molar refractivity (Wildman–Crippen MR) is 128 cm³/mol. The topological polar surface area (TPSA) is 49.0 Å². The van der Waals surface area contributed by atoms with Crippen LogP contribution in [0.2, 0.25) is 0 Å². The summed E-state index contributed by atoms with van der Waals surface area (Å²) in [7, 11) is 0. The van der Waals surface area contributed by atoms with E-state index in [0.29, 0.717) is 34.8 Å². The van der Waals surface area contributed by atoms with Crippen LogP contribution in [0.4, 0.5) is 17.6 Å². The summed E-state index contributed by atoms with van der Waals surface area (Å²) >= 11 is 0. The van der Waals surface area contributed by atoms with E-state index in [-0.39, 0.29) is 5.52 Å². The molecule has 1 unspecified atom stereocenters. The van der Waals surface area contributed by atoms with Gasteiger partial charge in [-0.3, -0.25) is 9.36 Å². The van der Waals surface area contributed by atoms with Gasteiger partial charge in [0.05, 0.1) is 11.8 Å². The van der Waals surface area contributed by atoms with Crippen LogP contribution in [0.25, 0.3) is 27.8 Å². The number of ether oxygens (including phenoxy) is 1. The van der Waals surface area contributed by atoms with Crippen LogP contribution >= 0.6 is 0 Å². The molecule has 0 radical (unpaired) electrons. The largest absolute Gasteiger partial charge is 0.573 e. The Morgan fingerprint density at radius 3 is 2.44 bits per heavy atom. The van der Waals surface area contributed by atoms with Gasteiger partial charge in [0.15, 0.2) is 5.52 Å². The van der Waals surface area contributed by atoms with Crippen molar-refractivity contribution in [1.82, 2.24) is 14.1 Å². The lowest BCUT2D eigenvalue weighted by Gasteiger charge is -2.16. The van der Waals surface area contributed by atoms with E-state index in [0.717, 1.165) is 24.1 Å². The standard InChI is InChI=1S/C27H21F4N3O2/c1-17-2-4-18(5-3-17)14-33-16-32-24-25(33)23(19-6-8-20(28)9-7-19)15-34(26(24)35)21-10-12-22(13-11-21)36-27(29,30)31/h2,4-13,15-17H,3,14H2,1H3. The number of rotatable bonds is 5. The number of pyridine rings is 1. The molecule has 0 bridgehead atoms. The van der Waals surface area contributed by atoms with Gasteiger partial charge in [-0.25, -0.2) is 9.37 Å². The van der Waals surface area contributed by atoms with E-state index in [2.05, 4.69) is 34.9 Å². The van der Waals surface area contributed by atoms with Crippen molar-refractivity contribution >= 4 is 11.0 Å². The number of hydrogen-bond acceptors (Lipinski definition) is 3. The molecule has 0 amide bonds. The third-order valence-electron chi connectivity index (χ3n) is 6.02. The molecule has 1 atom stereocenters. The summed E-state index contributed by atoms with van der Waals surface area (Å²) < 4.78 is 58.4. The molecule has 0 saturated carbocycles. The summed E-state index contributed by atoms with van der Waals surface area (Å²) in [5, 5.41) is 0. The third kappa shape index (κ3) is 4.82. The van der Waals surface area contributed by atoms with Crippen molar-refractivity contribution in [3.63, 3.8) is 0 Å². The van der Waals surface area contributed by atoms with E-state index < -0.39 is 23.5 Å². The highest BCUT2D eigenvalue weighted by Crippen LogP contribution is 2.30. The molecule has 0 N–H and O–H groups in total. The highest BCUT2D eigenvalue weighted by molar-refractivity contribution is 5.91. The average Bonchev–Trinajstić information content (AvgIpc) is 3.25. The highest BCUT2D eigenvalue weighted by Gasteiger charge is 2.31. The Balaban J connectivity index is 1.64. The van der Waals surface area contributed by atoms with Crippen LogP contribution in [0, 0.1) is 11.7 Å². The van der Waals surface area contributed by atoms with Crippen LogP contribution in [-0.2, 0) is 6.54 Å². The summed E-state index contributed by atoms with van der Waals surface area (Å²) in [6.07, 6.45) is 5.64. The van der Waals surface area contributed by atoms with Crippen LogP contribution in [0.3, 0.4) is 0 Å². The van der Waals surface area contributed by atoms with E-state index in [1.807, 2.05) is 4.57 Å². The maximum atomic E-state index is 13.7. The molecule has 1 aliphatic rings. The lowest BCUT2D eigenvalue weighted by atomic mass is 9.98. The van der Waals surface area contributed by atoms with Gasteiger partial charge in [-0.2, -0.15) is 0 Å². The van der Waals surface area contributed by atoms with Gasteiger partial charge < -0.3 is 9.30 Å². The zero-order chi connectivity index (χ0) is 25.4. The van der Waals surface area contributed by atoms with Gasteiger partial charge in [-0.05, 0) is 59.9 Å². The van der Waals surface area contributed by atoms with Crippen LogP contribution in [0.15, 0.2) is 89.7 Å². The number of hydrogen-bond donors (Lipinski definition) is 0. The van der Waals surface area contributed by atoms with Crippen molar-refractivity contribution in [2.75, 3.05) is 0 Å². The van der Waals surface area contributed by atoms with Crippen LogP contribution < -0.4 is 10.3 Å². The van der Waals surface area contributed by atoms with Crippen LogP contribution in [0.5, 0.6) is 5.75 Å². The second kappa shape index (κ2) is 9.14. The van der Waals surface area contributed by atoms with Gasteiger partial charge >= 0.3 is 6.36 Å². The van der Waals surface area contributed by atoms with Crippen molar-refractivity contribution in [3.05, 3.63) is 101 Å². The fourth-order valence-electron chi connectivity index (χ4n) is 4.23. The SMILES string of the molecule is CC1C=CC(Cn2cnc3c(=O)n(-c4ccc(OC(F)(F)F)cc4)cc(-c4ccc(F)cc4)c32)=CC1. The normalized spacial score (nSPS) is 15.8. The molecular formula is C27H21F4N3O2. The summed E-state index contributed by atoms with van der Waals surface area (Å²) in [5.74, 6) is -0.335. The number of benzene rings is 2. The van der Waals surface area contributed by atoms with Gasteiger partial charge in [0.2, 0.25) is 0 Å². The Labute approximate surface area is 203 Å². The first kappa shape index (κ1) is 23.6. The lowest BCUT2D eigenvalue weighted by Crippen LogP contribution is -2.20. The van der Waals surface area contributed by atoms with E-state index in [1.54, 1.807) is 24.7 Å². The van der Waals surface area contributed by atoms with Gasteiger partial charge in [-0.15, -0.1) is 13.2 Å².